The Kier molecular flexibility index (Phi) is 7.45. The lowest BCUT2D eigenvalue weighted by Gasteiger charge is -2.28. The SMILES string of the molecule is N#Cc1ccc(COc2cncc(NC3CCN(Cc4nc5ccc(C(=O)O)cc5n4CC4CCO4)C3)n2)c(F)c1. The largest absolute Gasteiger partial charge is 0.478 e. The number of carboxylic acids is 1. The van der Waals surface area contributed by atoms with Crippen molar-refractivity contribution in [2.24, 2.45) is 0 Å². The highest BCUT2D eigenvalue weighted by atomic mass is 19.1. The minimum atomic E-state index is -0.964. The van der Waals surface area contributed by atoms with Crippen molar-refractivity contribution in [3.8, 4) is 11.9 Å². The van der Waals surface area contributed by atoms with Gasteiger partial charge < -0.3 is 24.5 Å². The zero-order chi connectivity index (χ0) is 28.3. The van der Waals surface area contributed by atoms with E-state index in [2.05, 4.69) is 24.8 Å². The Morgan fingerprint density at radius 3 is 2.85 bits per heavy atom. The van der Waals surface area contributed by atoms with Crippen molar-refractivity contribution < 1.29 is 23.8 Å². The van der Waals surface area contributed by atoms with E-state index in [9.17, 15) is 14.3 Å². The fourth-order valence-electron chi connectivity index (χ4n) is 5.14. The van der Waals surface area contributed by atoms with Gasteiger partial charge in [-0.25, -0.2) is 14.2 Å². The fraction of sp³-hybridized carbons (Fsp3) is 0.345. The molecule has 0 aliphatic carbocycles. The van der Waals surface area contributed by atoms with Gasteiger partial charge in [-0.1, -0.05) is 6.07 Å². The number of nitrogens with zero attached hydrogens (tertiary/aromatic N) is 6. The van der Waals surface area contributed by atoms with Crippen LogP contribution >= 0.6 is 0 Å². The third-order valence-corrected chi connectivity index (χ3v) is 7.41. The van der Waals surface area contributed by atoms with Crippen LogP contribution in [0.2, 0.25) is 0 Å². The number of fused-ring (bicyclic) bond motifs is 1. The zero-order valence-electron chi connectivity index (χ0n) is 22.2. The number of carboxylic acid groups (broad SMARTS) is 1. The molecule has 0 spiro atoms. The van der Waals surface area contributed by atoms with E-state index in [-0.39, 0.29) is 35.8 Å². The van der Waals surface area contributed by atoms with Gasteiger partial charge in [-0.2, -0.15) is 10.2 Å². The number of hydrogen-bond donors (Lipinski definition) is 2. The van der Waals surface area contributed by atoms with Crippen molar-refractivity contribution >= 4 is 22.8 Å². The molecule has 2 unspecified atom stereocenters. The summed E-state index contributed by atoms with van der Waals surface area (Å²) in [6.07, 6.45) is 5.06. The number of nitriles is 1. The summed E-state index contributed by atoms with van der Waals surface area (Å²) < 4.78 is 27.6. The highest BCUT2D eigenvalue weighted by molar-refractivity contribution is 5.92. The molecule has 0 amide bonds. The quantitative estimate of drug-likeness (QED) is 0.297. The van der Waals surface area contributed by atoms with Gasteiger partial charge in [0.25, 0.3) is 0 Å². The summed E-state index contributed by atoms with van der Waals surface area (Å²) in [5.74, 6) is 0.234. The van der Waals surface area contributed by atoms with Crippen LogP contribution in [0.1, 0.15) is 40.2 Å². The average Bonchev–Trinajstić information content (AvgIpc) is 3.53. The van der Waals surface area contributed by atoms with E-state index >= 15 is 0 Å². The smallest absolute Gasteiger partial charge is 0.335 e. The molecule has 12 heteroatoms. The molecule has 41 heavy (non-hydrogen) atoms. The van der Waals surface area contributed by atoms with E-state index in [1.54, 1.807) is 30.5 Å². The van der Waals surface area contributed by atoms with E-state index in [0.717, 1.165) is 49.4 Å². The second kappa shape index (κ2) is 11.5. The maximum atomic E-state index is 14.2. The van der Waals surface area contributed by atoms with Crippen LogP contribution in [-0.2, 0) is 24.4 Å². The molecule has 6 rings (SSSR count). The maximum absolute atomic E-state index is 14.2. The number of imidazole rings is 1. The normalized spacial score (nSPS) is 18.6. The fourth-order valence-corrected chi connectivity index (χ4v) is 5.14. The second-order valence-corrected chi connectivity index (χ2v) is 10.2. The third kappa shape index (κ3) is 5.96. The highest BCUT2D eigenvalue weighted by Gasteiger charge is 2.27. The molecule has 11 nitrogen and oxygen atoms in total. The molecular weight excluding hydrogens is 529 g/mol. The van der Waals surface area contributed by atoms with E-state index in [4.69, 9.17) is 19.7 Å². The van der Waals surface area contributed by atoms with E-state index in [0.29, 0.717) is 24.5 Å². The Morgan fingerprint density at radius 2 is 2.10 bits per heavy atom. The monoisotopic (exact) mass is 557 g/mol. The number of anilines is 1. The summed E-state index contributed by atoms with van der Waals surface area (Å²) in [6, 6.07) is 11.3. The lowest BCUT2D eigenvalue weighted by molar-refractivity contribution is -0.0591. The Labute approximate surface area is 235 Å². The van der Waals surface area contributed by atoms with Gasteiger partial charge in [0.2, 0.25) is 5.88 Å². The predicted molar refractivity (Wildman–Crippen MR) is 146 cm³/mol. The Bertz CT molecular complexity index is 1630. The van der Waals surface area contributed by atoms with Crippen LogP contribution in [0.4, 0.5) is 10.2 Å². The lowest BCUT2D eigenvalue weighted by atomic mass is 10.1. The van der Waals surface area contributed by atoms with Crippen LogP contribution in [0, 0.1) is 17.1 Å². The predicted octanol–water partition coefficient (Wildman–Crippen LogP) is 3.59. The van der Waals surface area contributed by atoms with Crippen LogP contribution in [0.5, 0.6) is 5.88 Å². The molecule has 2 aromatic carbocycles. The minimum Gasteiger partial charge on any atom is -0.478 e. The number of likely N-dealkylation sites (tertiary alicyclic amines) is 1. The number of hydrogen-bond acceptors (Lipinski definition) is 9. The standard InChI is InChI=1S/C29H28FN7O4/c30-23-9-18(11-31)1-2-20(23)17-41-28-13-32-12-26(35-28)33-21-5-7-36(14-21)16-27-34-24-4-3-19(29(38)39)10-25(24)37(27)15-22-6-8-40-22/h1-4,9-10,12-13,21-22H,5-8,14-17H2,(H,33,35)(H,38,39). The molecule has 4 aromatic rings. The van der Waals surface area contributed by atoms with Crippen molar-refractivity contribution in [2.45, 2.75) is 44.7 Å². The van der Waals surface area contributed by atoms with Crippen molar-refractivity contribution in [3.63, 3.8) is 0 Å². The van der Waals surface area contributed by atoms with Gasteiger partial charge in [0, 0.05) is 31.3 Å². The summed E-state index contributed by atoms with van der Waals surface area (Å²) in [5, 5.41) is 21.8. The van der Waals surface area contributed by atoms with Crippen molar-refractivity contribution in [1.82, 2.24) is 24.4 Å². The number of aromatic carboxylic acids is 1. The topological polar surface area (TPSA) is 138 Å². The number of rotatable bonds is 10. The summed E-state index contributed by atoms with van der Waals surface area (Å²) in [4.78, 5) is 27.4. The van der Waals surface area contributed by atoms with E-state index < -0.39 is 11.8 Å². The molecule has 0 bridgehead atoms. The first-order chi connectivity index (χ1) is 19.9. The van der Waals surface area contributed by atoms with Crippen molar-refractivity contribution in [1.29, 1.82) is 5.26 Å². The first kappa shape index (κ1) is 26.6. The number of aromatic nitrogens is 4. The molecular formula is C29H28FN7O4. The molecule has 2 aliphatic rings. The first-order valence-electron chi connectivity index (χ1n) is 13.4. The van der Waals surface area contributed by atoms with Crippen LogP contribution in [0.25, 0.3) is 11.0 Å². The van der Waals surface area contributed by atoms with Gasteiger partial charge in [-0.3, -0.25) is 9.88 Å². The zero-order valence-corrected chi connectivity index (χ0v) is 22.2. The molecule has 210 valence electrons. The number of benzene rings is 2. The maximum Gasteiger partial charge on any atom is 0.335 e. The number of nitrogens with one attached hydrogen (secondary N) is 1. The molecule has 2 aromatic heterocycles. The summed E-state index contributed by atoms with van der Waals surface area (Å²) in [6.45, 7) is 3.57. The minimum absolute atomic E-state index is 0.0340. The van der Waals surface area contributed by atoms with Crippen LogP contribution in [0.15, 0.2) is 48.8 Å². The van der Waals surface area contributed by atoms with Gasteiger partial charge in [0.05, 0.1) is 59.8 Å². The highest BCUT2D eigenvalue weighted by Crippen LogP contribution is 2.25. The van der Waals surface area contributed by atoms with Gasteiger partial charge in [0.1, 0.15) is 24.1 Å². The molecule has 2 atom stereocenters. The molecule has 2 saturated heterocycles. The Balaban J connectivity index is 1.09. The summed E-state index contributed by atoms with van der Waals surface area (Å²) in [5.41, 5.74) is 2.38. The Morgan fingerprint density at radius 1 is 1.22 bits per heavy atom. The van der Waals surface area contributed by atoms with Crippen LogP contribution in [0.3, 0.4) is 0 Å². The molecule has 2 aliphatic heterocycles. The van der Waals surface area contributed by atoms with Crippen LogP contribution in [-0.4, -0.2) is 67.3 Å². The van der Waals surface area contributed by atoms with Crippen LogP contribution < -0.4 is 10.1 Å². The second-order valence-electron chi connectivity index (χ2n) is 10.2. The van der Waals surface area contributed by atoms with Crippen molar-refractivity contribution in [2.75, 3.05) is 25.0 Å². The van der Waals surface area contributed by atoms with Gasteiger partial charge >= 0.3 is 5.97 Å². The molecule has 2 N–H and O–H groups in total. The Hall–Kier alpha value is -4.60. The number of ether oxygens (including phenoxy) is 2. The summed E-state index contributed by atoms with van der Waals surface area (Å²) >= 11 is 0. The first-order valence-corrected chi connectivity index (χ1v) is 13.4. The third-order valence-electron chi connectivity index (χ3n) is 7.41. The van der Waals surface area contributed by atoms with Gasteiger partial charge in [-0.05, 0) is 43.2 Å². The molecule has 2 fully saturated rings. The van der Waals surface area contributed by atoms with E-state index in [1.807, 2.05) is 6.07 Å². The lowest BCUT2D eigenvalue weighted by Crippen LogP contribution is -2.33. The number of carbonyl (C=O) groups is 1. The average molecular weight is 558 g/mol. The van der Waals surface area contributed by atoms with E-state index in [1.165, 1.54) is 18.3 Å². The molecule has 4 heterocycles. The number of halogens is 1. The molecule has 0 saturated carbocycles. The van der Waals surface area contributed by atoms with Gasteiger partial charge in [0.15, 0.2) is 0 Å². The van der Waals surface area contributed by atoms with Gasteiger partial charge in [-0.15, -0.1) is 0 Å². The van der Waals surface area contributed by atoms with Crippen molar-refractivity contribution in [3.05, 3.63) is 77.1 Å². The summed E-state index contributed by atoms with van der Waals surface area (Å²) in [7, 11) is 0. The molecule has 0 radical (unpaired) electrons.